The van der Waals surface area contributed by atoms with Crippen molar-refractivity contribution in [1.82, 2.24) is 10.3 Å². The zero-order valence-corrected chi connectivity index (χ0v) is 10.2. The van der Waals surface area contributed by atoms with Crippen LogP contribution in [0, 0.1) is 5.41 Å². The van der Waals surface area contributed by atoms with Crippen LogP contribution in [0.2, 0.25) is 0 Å². The van der Waals surface area contributed by atoms with E-state index in [4.69, 9.17) is 0 Å². The highest BCUT2D eigenvalue weighted by atomic mass is 32.1. The van der Waals surface area contributed by atoms with E-state index in [1.54, 1.807) is 11.3 Å². The zero-order chi connectivity index (χ0) is 10.4. The van der Waals surface area contributed by atoms with Crippen LogP contribution < -0.4 is 5.32 Å². The van der Waals surface area contributed by atoms with E-state index in [1.165, 1.54) is 11.4 Å². The van der Waals surface area contributed by atoms with E-state index < -0.39 is 0 Å². The molecule has 0 saturated heterocycles. The summed E-state index contributed by atoms with van der Waals surface area (Å²) in [5.41, 5.74) is 0.313. The van der Waals surface area contributed by atoms with Gasteiger partial charge in [-0.15, -0.1) is 11.3 Å². The van der Waals surface area contributed by atoms with Crippen LogP contribution in [-0.4, -0.2) is 18.1 Å². The highest BCUT2D eigenvalue weighted by Crippen LogP contribution is 2.21. The van der Waals surface area contributed by atoms with Gasteiger partial charge in [0.2, 0.25) is 0 Å². The summed E-state index contributed by atoms with van der Waals surface area (Å²) in [6, 6.07) is 0. The molecule has 2 nitrogen and oxygen atoms in total. The van der Waals surface area contributed by atoms with Crippen molar-refractivity contribution in [1.29, 1.82) is 0 Å². The van der Waals surface area contributed by atoms with Crippen LogP contribution in [0.5, 0.6) is 0 Å². The average molecular weight is 212 g/mol. The van der Waals surface area contributed by atoms with Crippen molar-refractivity contribution < 1.29 is 0 Å². The Balaban J connectivity index is 2.33. The maximum atomic E-state index is 4.32. The smallest absolute Gasteiger partial charge is 0.0930 e. The van der Waals surface area contributed by atoms with E-state index in [0.717, 1.165) is 19.5 Å². The van der Waals surface area contributed by atoms with Gasteiger partial charge in [-0.25, -0.2) is 4.98 Å². The molecule has 0 aliphatic heterocycles. The quantitative estimate of drug-likeness (QED) is 0.733. The fourth-order valence-electron chi connectivity index (χ4n) is 1.42. The Kier molecular flexibility index (Phi) is 4.55. The van der Waals surface area contributed by atoms with Gasteiger partial charge in [0.05, 0.1) is 5.01 Å². The number of thiazole rings is 1. The fraction of sp³-hybridized carbons (Fsp3) is 0.727. The second-order valence-corrected chi connectivity index (χ2v) is 5.42. The van der Waals surface area contributed by atoms with Crippen LogP contribution in [0.4, 0.5) is 0 Å². The summed E-state index contributed by atoms with van der Waals surface area (Å²) in [4.78, 5) is 4.32. The van der Waals surface area contributed by atoms with Gasteiger partial charge >= 0.3 is 0 Å². The summed E-state index contributed by atoms with van der Waals surface area (Å²) in [6.45, 7) is 8.96. The maximum absolute atomic E-state index is 4.32. The molecule has 0 fully saturated rings. The molecule has 0 aromatic carbocycles. The number of aromatic nitrogens is 1. The van der Waals surface area contributed by atoms with Crippen LogP contribution in [0.3, 0.4) is 0 Å². The van der Waals surface area contributed by atoms with Gasteiger partial charge in [-0.1, -0.05) is 20.8 Å². The van der Waals surface area contributed by atoms with Crippen molar-refractivity contribution >= 4 is 11.3 Å². The van der Waals surface area contributed by atoms with Crippen LogP contribution >= 0.6 is 11.3 Å². The van der Waals surface area contributed by atoms with Crippen LogP contribution in [0.1, 0.15) is 32.2 Å². The molecule has 0 bridgehead atoms. The summed E-state index contributed by atoms with van der Waals surface area (Å²) in [7, 11) is 0. The number of rotatable bonds is 6. The number of hydrogen-bond acceptors (Lipinski definition) is 3. The van der Waals surface area contributed by atoms with Crippen molar-refractivity contribution in [3.05, 3.63) is 16.6 Å². The molecule has 1 aromatic heterocycles. The van der Waals surface area contributed by atoms with Gasteiger partial charge < -0.3 is 5.32 Å². The van der Waals surface area contributed by atoms with Crippen molar-refractivity contribution in [2.24, 2.45) is 5.41 Å². The molecule has 0 unspecified atom stereocenters. The lowest BCUT2D eigenvalue weighted by Crippen LogP contribution is -2.31. The van der Waals surface area contributed by atoms with Gasteiger partial charge in [-0.3, -0.25) is 0 Å². The molecule has 0 atom stereocenters. The Bertz CT molecular complexity index is 242. The summed E-state index contributed by atoms with van der Waals surface area (Å²) in [6.07, 6.45) is 4.16. The monoisotopic (exact) mass is 212 g/mol. The molecule has 80 valence electrons. The highest BCUT2D eigenvalue weighted by Gasteiger charge is 2.18. The van der Waals surface area contributed by atoms with E-state index in [0.29, 0.717) is 5.41 Å². The lowest BCUT2D eigenvalue weighted by molar-refractivity contribution is 0.338. The summed E-state index contributed by atoms with van der Waals surface area (Å²) < 4.78 is 0. The molecule has 1 rings (SSSR count). The largest absolute Gasteiger partial charge is 0.316 e. The Labute approximate surface area is 90.8 Å². The summed E-state index contributed by atoms with van der Waals surface area (Å²) >= 11 is 1.75. The number of hydrogen-bond donors (Lipinski definition) is 1. The molecule has 1 N–H and O–H groups in total. The van der Waals surface area contributed by atoms with Gasteiger partial charge in [-0.05, 0) is 18.4 Å². The van der Waals surface area contributed by atoms with Crippen LogP contribution in [-0.2, 0) is 6.42 Å². The van der Waals surface area contributed by atoms with Gasteiger partial charge in [0.15, 0.2) is 0 Å². The van der Waals surface area contributed by atoms with Gasteiger partial charge in [0.1, 0.15) is 0 Å². The average Bonchev–Trinajstić information content (AvgIpc) is 2.56. The Hall–Kier alpha value is -0.410. The second-order valence-electron chi connectivity index (χ2n) is 4.44. The topological polar surface area (TPSA) is 24.9 Å². The minimum atomic E-state index is 0.313. The normalized spacial score (nSPS) is 11.9. The van der Waals surface area contributed by atoms with E-state index in [-0.39, 0.29) is 0 Å². The molecule has 0 saturated carbocycles. The Morgan fingerprint density at radius 3 is 2.86 bits per heavy atom. The fourth-order valence-corrected chi connectivity index (χ4v) is 2.29. The van der Waals surface area contributed by atoms with E-state index >= 15 is 0 Å². The predicted octanol–water partition coefficient (Wildman–Crippen LogP) is 2.71. The molecular weight excluding hydrogens is 192 g/mol. The predicted molar refractivity (Wildman–Crippen MR) is 62.8 cm³/mol. The molecule has 1 aromatic rings. The molecule has 0 aliphatic carbocycles. The van der Waals surface area contributed by atoms with Crippen molar-refractivity contribution in [2.45, 2.75) is 33.6 Å². The van der Waals surface area contributed by atoms with Crippen LogP contribution in [0.25, 0.3) is 0 Å². The van der Waals surface area contributed by atoms with E-state index in [1.807, 2.05) is 11.6 Å². The first-order chi connectivity index (χ1) is 6.64. The lowest BCUT2D eigenvalue weighted by Gasteiger charge is -2.23. The van der Waals surface area contributed by atoms with Crippen molar-refractivity contribution in [2.75, 3.05) is 13.1 Å². The highest BCUT2D eigenvalue weighted by molar-refractivity contribution is 7.09. The minimum absolute atomic E-state index is 0.313. The zero-order valence-electron chi connectivity index (χ0n) is 9.34. The molecule has 3 heteroatoms. The first kappa shape index (κ1) is 11.7. The van der Waals surface area contributed by atoms with Gasteiger partial charge in [0.25, 0.3) is 0 Å². The molecular formula is C11H20N2S. The molecule has 0 radical (unpaired) electrons. The summed E-state index contributed by atoms with van der Waals surface area (Å²) in [5, 5.41) is 6.75. The summed E-state index contributed by atoms with van der Waals surface area (Å²) in [5.74, 6) is 0. The third-order valence-corrected chi connectivity index (χ3v) is 2.92. The third kappa shape index (κ3) is 4.20. The first-order valence-electron chi connectivity index (χ1n) is 5.23. The first-order valence-corrected chi connectivity index (χ1v) is 6.11. The van der Waals surface area contributed by atoms with Gasteiger partial charge in [0, 0.05) is 24.5 Å². The van der Waals surface area contributed by atoms with Gasteiger partial charge in [-0.2, -0.15) is 0 Å². The maximum Gasteiger partial charge on any atom is 0.0930 e. The number of nitrogens with one attached hydrogen (secondary N) is 1. The lowest BCUT2D eigenvalue weighted by atomic mass is 9.89. The Morgan fingerprint density at radius 2 is 2.29 bits per heavy atom. The molecule has 14 heavy (non-hydrogen) atoms. The molecule has 1 heterocycles. The van der Waals surface area contributed by atoms with Crippen LogP contribution in [0.15, 0.2) is 11.6 Å². The molecule has 0 amide bonds. The third-order valence-electron chi connectivity index (χ3n) is 2.14. The Morgan fingerprint density at radius 1 is 1.50 bits per heavy atom. The van der Waals surface area contributed by atoms with Crippen molar-refractivity contribution in [3.8, 4) is 0 Å². The van der Waals surface area contributed by atoms with E-state index in [9.17, 15) is 0 Å². The number of nitrogens with zero attached hydrogens (tertiary/aromatic N) is 1. The SMILES string of the molecule is CCCNCC(C)(C)Cc1nccs1. The molecule has 0 aliphatic rings. The van der Waals surface area contributed by atoms with E-state index in [2.05, 4.69) is 31.1 Å². The van der Waals surface area contributed by atoms with Crippen molar-refractivity contribution in [3.63, 3.8) is 0 Å². The molecule has 0 spiro atoms. The second kappa shape index (κ2) is 5.47. The standard InChI is InChI=1S/C11H20N2S/c1-4-5-12-9-11(2,3)8-10-13-6-7-14-10/h6-7,12H,4-5,8-9H2,1-3H3. The minimum Gasteiger partial charge on any atom is -0.316 e.